The van der Waals surface area contributed by atoms with Crippen LogP contribution in [0.3, 0.4) is 0 Å². The summed E-state index contributed by atoms with van der Waals surface area (Å²) in [5.41, 5.74) is 0.582. The molecule has 1 aromatic rings. The van der Waals surface area contributed by atoms with Gasteiger partial charge in [0, 0.05) is 18.7 Å². The van der Waals surface area contributed by atoms with Crippen molar-refractivity contribution in [3.63, 3.8) is 0 Å². The molecule has 3 rings (SSSR count). The maximum atomic E-state index is 12.7. The quantitative estimate of drug-likeness (QED) is 0.798. The number of hydrogen-bond donors (Lipinski definition) is 0. The Labute approximate surface area is 130 Å². The predicted molar refractivity (Wildman–Crippen MR) is 81.4 cm³/mol. The van der Waals surface area contributed by atoms with Gasteiger partial charge in [-0.15, -0.1) is 0 Å². The van der Waals surface area contributed by atoms with Crippen molar-refractivity contribution in [3.05, 3.63) is 22.7 Å². The van der Waals surface area contributed by atoms with Crippen LogP contribution in [0.5, 0.6) is 11.5 Å². The van der Waals surface area contributed by atoms with E-state index in [1.165, 1.54) is 12.8 Å². The summed E-state index contributed by atoms with van der Waals surface area (Å²) in [5, 5.41) is 0.443. The fourth-order valence-electron chi connectivity index (χ4n) is 2.96. The molecule has 1 saturated heterocycles. The van der Waals surface area contributed by atoms with E-state index in [2.05, 4.69) is 6.92 Å². The third kappa shape index (κ3) is 3.10. The zero-order valence-electron chi connectivity index (χ0n) is 12.2. The first-order chi connectivity index (χ1) is 10.1. The standard InChI is InChI=1S/C16H20ClNO3/c1-11-4-2-3-5-18(10-11)16(19)12-8-13(17)15-14(9-12)20-6-7-21-15/h8-9,11H,2-7,10H2,1H3/t11-/m0/s1. The summed E-state index contributed by atoms with van der Waals surface area (Å²) < 4.78 is 11.0. The topological polar surface area (TPSA) is 38.8 Å². The van der Waals surface area contributed by atoms with Gasteiger partial charge in [0.15, 0.2) is 11.5 Å². The van der Waals surface area contributed by atoms with Crippen molar-refractivity contribution >= 4 is 17.5 Å². The minimum Gasteiger partial charge on any atom is -0.486 e. The summed E-state index contributed by atoms with van der Waals surface area (Å²) in [6, 6.07) is 3.44. The minimum atomic E-state index is 0.0302. The number of ether oxygens (including phenoxy) is 2. The molecule has 1 atom stereocenters. The van der Waals surface area contributed by atoms with Crippen LogP contribution in [0.1, 0.15) is 36.5 Å². The van der Waals surface area contributed by atoms with Crippen LogP contribution < -0.4 is 9.47 Å². The maximum Gasteiger partial charge on any atom is 0.254 e. The Morgan fingerprint density at radius 2 is 2.10 bits per heavy atom. The fraction of sp³-hybridized carbons (Fsp3) is 0.562. The van der Waals surface area contributed by atoms with Crippen LogP contribution in [-0.2, 0) is 0 Å². The molecule has 0 spiro atoms. The van der Waals surface area contributed by atoms with Crippen LogP contribution in [0.25, 0.3) is 0 Å². The number of amides is 1. The average Bonchev–Trinajstić information content (AvgIpc) is 2.71. The Morgan fingerprint density at radius 3 is 2.95 bits per heavy atom. The molecule has 0 radical (unpaired) electrons. The van der Waals surface area contributed by atoms with Crippen LogP contribution in [0.2, 0.25) is 5.02 Å². The predicted octanol–water partition coefficient (Wildman–Crippen LogP) is 3.37. The molecule has 0 aliphatic carbocycles. The van der Waals surface area contributed by atoms with Crippen molar-refractivity contribution in [1.82, 2.24) is 4.90 Å². The van der Waals surface area contributed by atoms with Crippen LogP contribution in [-0.4, -0.2) is 37.1 Å². The van der Waals surface area contributed by atoms with Gasteiger partial charge in [-0.05, 0) is 30.9 Å². The van der Waals surface area contributed by atoms with E-state index in [0.717, 1.165) is 19.5 Å². The normalized spacial score (nSPS) is 21.8. The molecule has 0 unspecified atom stereocenters. The molecule has 2 heterocycles. The van der Waals surface area contributed by atoms with E-state index in [1.54, 1.807) is 12.1 Å². The lowest BCUT2D eigenvalue weighted by Crippen LogP contribution is -2.34. The van der Waals surface area contributed by atoms with E-state index in [0.29, 0.717) is 41.2 Å². The lowest BCUT2D eigenvalue weighted by molar-refractivity contribution is 0.0743. The first-order valence-corrected chi connectivity index (χ1v) is 7.91. The van der Waals surface area contributed by atoms with Gasteiger partial charge in [0.25, 0.3) is 5.91 Å². The molecular weight excluding hydrogens is 290 g/mol. The van der Waals surface area contributed by atoms with E-state index in [-0.39, 0.29) is 5.91 Å². The molecule has 0 saturated carbocycles. The van der Waals surface area contributed by atoms with Crippen LogP contribution in [0.4, 0.5) is 0 Å². The van der Waals surface area contributed by atoms with Gasteiger partial charge in [-0.2, -0.15) is 0 Å². The zero-order chi connectivity index (χ0) is 14.8. The smallest absolute Gasteiger partial charge is 0.254 e. The van der Waals surface area contributed by atoms with Crippen LogP contribution in [0.15, 0.2) is 12.1 Å². The van der Waals surface area contributed by atoms with Crippen LogP contribution in [0, 0.1) is 5.92 Å². The van der Waals surface area contributed by atoms with E-state index >= 15 is 0 Å². The summed E-state index contributed by atoms with van der Waals surface area (Å²) in [7, 11) is 0. The summed E-state index contributed by atoms with van der Waals surface area (Å²) in [5.74, 6) is 1.69. The fourth-order valence-corrected chi connectivity index (χ4v) is 3.22. The van der Waals surface area contributed by atoms with Crippen molar-refractivity contribution in [2.24, 2.45) is 5.92 Å². The van der Waals surface area contributed by atoms with Gasteiger partial charge < -0.3 is 14.4 Å². The van der Waals surface area contributed by atoms with Crippen molar-refractivity contribution in [2.75, 3.05) is 26.3 Å². The number of carbonyl (C=O) groups excluding carboxylic acids is 1. The monoisotopic (exact) mass is 309 g/mol. The highest BCUT2D eigenvalue weighted by molar-refractivity contribution is 6.32. The van der Waals surface area contributed by atoms with Gasteiger partial charge in [0.05, 0.1) is 5.02 Å². The number of fused-ring (bicyclic) bond motifs is 1. The molecule has 0 aromatic heterocycles. The highest BCUT2D eigenvalue weighted by Crippen LogP contribution is 2.38. The van der Waals surface area contributed by atoms with Gasteiger partial charge in [-0.3, -0.25) is 4.79 Å². The number of hydrogen-bond acceptors (Lipinski definition) is 3. The highest BCUT2D eigenvalue weighted by atomic mass is 35.5. The molecule has 0 N–H and O–H groups in total. The molecule has 114 valence electrons. The minimum absolute atomic E-state index is 0.0302. The van der Waals surface area contributed by atoms with E-state index in [1.807, 2.05) is 4.90 Å². The highest BCUT2D eigenvalue weighted by Gasteiger charge is 2.24. The molecule has 21 heavy (non-hydrogen) atoms. The lowest BCUT2D eigenvalue weighted by Gasteiger charge is -2.24. The molecule has 2 aliphatic rings. The van der Waals surface area contributed by atoms with E-state index < -0.39 is 0 Å². The SMILES string of the molecule is C[C@H]1CCCCN(C(=O)c2cc(Cl)c3c(c2)OCCO3)C1. The van der Waals surface area contributed by atoms with Crippen molar-refractivity contribution in [2.45, 2.75) is 26.2 Å². The van der Waals surface area contributed by atoms with Gasteiger partial charge in [-0.1, -0.05) is 24.9 Å². The second-order valence-corrected chi connectivity index (χ2v) is 6.24. The summed E-state index contributed by atoms with van der Waals surface area (Å²) in [4.78, 5) is 14.6. The maximum absolute atomic E-state index is 12.7. The van der Waals surface area contributed by atoms with E-state index in [9.17, 15) is 4.79 Å². The number of nitrogens with zero attached hydrogens (tertiary/aromatic N) is 1. The molecule has 1 amide bonds. The summed E-state index contributed by atoms with van der Waals surface area (Å²) >= 11 is 6.22. The molecular formula is C16H20ClNO3. The number of carbonyl (C=O) groups is 1. The Bertz CT molecular complexity index is 547. The Morgan fingerprint density at radius 1 is 1.29 bits per heavy atom. The zero-order valence-corrected chi connectivity index (χ0v) is 13.0. The lowest BCUT2D eigenvalue weighted by atomic mass is 10.1. The van der Waals surface area contributed by atoms with Gasteiger partial charge >= 0.3 is 0 Å². The Balaban J connectivity index is 1.85. The first-order valence-electron chi connectivity index (χ1n) is 7.53. The number of halogens is 1. The van der Waals surface area contributed by atoms with E-state index in [4.69, 9.17) is 21.1 Å². The molecule has 1 aromatic carbocycles. The molecule has 0 bridgehead atoms. The Hall–Kier alpha value is -1.42. The Kier molecular flexibility index (Phi) is 4.24. The third-order valence-corrected chi connectivity index (χ3v) is 4.32. The van der Waals surface area contributed by atoms with Crippen molar-refractivity contribution < 1.29 is 14.3 Å². The van der Waals surface area contributed by atoms with Crippen molar-refractivity contribution in [1.29, 1.82) is 0 Å². The average molecular weight is 310 g/mol. The molecule has 4 nitrogen and oxygen atoms in total. The number of benzene rings is 1. The largest absolute Gasteiger partial charge is 0.486 e. The number of likely N-dealkylation sites (tertiary alicyclic amines) is 1. The third-order valence-electron chi connectivity index (χ3n) is 4.04. The number of rotatable bonds is 1. The molecule has 2 aliphatic heterocycles. The summed E-state index contributed by atoms with van der Waals surface area (Å²) in [6.07, 6.45) is 3.44. The van der Waals surface area contributed by atoms with Crippen molar-refractivity contribution in [3.8, 4) is 11.5 Å². The first kappa shape index (κ1) is 14.5. The van der Waals surface area contributed by atoms with Crippen LogP contribution >= 0.6 is 11.6 Å². The van der Waals surface area contributed by atoms with Gasteiger partial charge in [0.1, 0.15) is 13.2 Å². The second kappa shape index (κ2) is 6.14. The molecule has 1 fully saturated rings. The van der Waals surface area contributed by atoms with Gasteiger partial charge in [0.2, 0.25) is 0 Å². The van der Waals surface area contributed by atoms with Gasteiger partial charge in [-0.25, -0.2) is 0 Å². The second-order valence-electron chi connectivity index (χ2n) is 5.83. The molecule has 5 heteroatoms. The summed E-state index contributed by atoms with van der Waals surface area (Å²) in [6.45, 7) is 4.80.